The standard InChI is InChI=1S/C11H21N5S/c1-16-10(6-12)14-15-11(16)17-7-8-3-2-4-9(13)5-8/h8-9H,2-7,12-13H2,1H3/t8-,9+/m1/s1. The molecule has 1 aliphatic rings. The lowest BCUT2D eigenvalue weighted by Gasteiger charge is -2.25. The van der Waals surface area contributed by atoms with Gasteiger partial charge in [-0.25, -0.2) is 0 Å². The summed E-state index contributed by atoms with van der Waals surface area (Å²) in [6.07, 6.45) is 4.89. The van der Waals surface area contributed by atoms with Gasteiger partial charge in [-0.1, -0.05) is 18.2 Å². The predicted octanol–water partition coefficient (Wildman–Crippen LogP) is 0.883. The van der Waals surface area contributed by atoms with Gasteiger partial charge in [-0.3, -0.25) is 0 Å². The lowest BCUT2D eigenvalue weighted by atomic mass is 9.87. The molecule has 17 heavy (non-hydrogen) atoms. The highest BCUT2D eigenvalue weighted by atomic mass is 32.2. The second kappa shape index (κ2) is 5.84. The zero-order valence-corrected chi connectivity index (χ0v) is 11.1. The number of hydrogen-bond donors (Lipinski definition) is 2. The molecule has 0 bridgehead atoms. The van der Waals surface area contributed by atoms with Crippen LogP contribution in [0.5, 0.6) is 0 Å². The van der Waals surface area contributed by atoms with Crippen molar-refractivity contribution in [1.29, 1.82) is 0 Å². The molecule has 1 heterocycles. The van der Waals surface area contributed by atoms with Crippen LogP contribution in [0, 0.1) is 5.92 Å². The second-order valence-corrected chi connectivity index (χ2v) is 5.75. The highest BCUT2D eigenvalue weighted by molar-refractivity contribution is 7.99. The molecule has 96 valence electrons. The molecule has 0 radical (unpaired) electrons. The maximum Gasteiger partial charge on any atom is 0.190 e. The maximum atomic E-state index is 5.99. The summed E-state index contributed by atoms with van der Waals surface area (Å²) in [6, 6.07) is 0.397. The summed E-state index contributed by atoms with van der Waals surface area (Å²) < 4.78 is 1.98. The first kappa shape index (κ1) is 12.9. The topological polar surface area (TPSA) is 82.8 Å². The number of rotatable bonds is 4. The number of aromatic nitrogens is 3. The molecule has 0 spiro atoms. The largest absolute Gasteiger partial charge is 0.328 e. The van der Waals surface area contributed by atoms with Crippen molar-refractivity contribution in [3.63, 3.8) is 0 Å². The molecule has 1 fully saturated rings. The van der Waals surface area contributed by atoms with Gasteiger partial charge in [0.25, 0.3) is 0 Å². The van der Waals surface area contributed by atoms with E-state index in [0.717, 1.165) is 29.1 Å². The van der Waals surface area contributed by atoms with E-state index in [0.29, 0.717) is 12.6 Å². The molecule has 0 aromatic carbocycles. The van der Waals surface area contributed by atoms with Crippen molar-refractivity contribution in [3.05, 3.63) is 5.82 Å². The number of hydrogen-bond acceptors (Lipinski definition) is 5. The van der Waals surface area contributed by atoms with E-state index >= 15 is 0 Å². The van der Waals surface area contributed by atoms with E-state index in [1.165, 1.54) is 19.3 Å². The fourth-order valence-corrected chi connectivity index (χ4v) is 3.41. The summed E-state index contributed by atoms with van der Waals surface area (Å²) in [4.78, 5) is 0. The molecule has 4 N–H and O–H groups in total. The minimum Gasteiger partial charge on any atom is -0.328 e. The van der Waals surface area contributed by atoms with E-state index in [1.54, 1.807) is 11.8 Å². The Kier molecular flexibility index (Phi) is 4.42. The first-order valence-corrected chi connectivity index (χ1v) is 7.16. The van der Waals surface area contributed by atoms with Crippen LogP contribution < -0.4 is 11.5 Å². The van der Waals surface area contributed by atoms with Gasteiger partial charge in [-0.2, -0.15) is 0 Å². The Morgan fingerprint density at radius 3 is 2.88 bits per heavy atom. The Bertz CT molecular complexity index is 365. The van der Waals surface area contributed by atoms with Gasteiger partial charge in [0.1, 0.15) is 5.82 Å². The van der Waals surface area contributed by atoms with Crippen LogP contribution in [0.3, 0.4) is 0 Å². The van der Waals surface area contributed by atoms with Gasteiger partial charge in [-0.05, 0) is 25.2 Å². The lowest BCUT2D eigenvalue weighted by molar-refractivity contribution is 0.349. The molecule has 0 unspecified atom stereocenters. The summed E-state index contributed by atoms with van der Waals surface area (Å²) in [5.74, 6) is 2.65. The molecular weight excluding hydrogens is 234 g/mol. The van der Waals surface area contributed by atoms with E-state index < -0.39 is 0 Å². The first-order valence-electron chi connectivity index (χ1n) is 6.17. The maximum absolute atomic E-state index is 5.99. The van der Waals surface area contributed by atoms with Gasteiger partial charge in [0.05, 0.1) is 6.54 Å². The van der Waals surface area contributed by atoms with Gasteiger partial charge in [0, 0.05) is 18.8 Å². The molecule has 6 heteroatoms. The SMILES string of the molecule is Cn1c(CN)nnc1SC[C@@H]1CCC[C@H](N)C1. The van der Waals surface area contributed by atoms with Gasteiger partial charge < -0.3 is 16.0 Å². The smallest absolute Gasteiger partial charge is 0.190 e. The first-order chi connectivity index (χ1) is 8.20. The van der Waals surface area contributed by atoms with Crippen LogP contribution in [0.2, 0.25) is 0 Å². The average molecular weight is 255 g/mol. The minimum atomic E-state index is 0.397. The van der Waals surface area contributed by atoms with Crippen molar-refractivity contribution in [1.82, 2.24) is 14.8 Å². The lowest BCUT2D eigenvalue weighted by Crippen LogP contribution is -2.28. The van der Waals surface area contributed by atoms with E-state index in [1.807, 2.05) is 11.6 Å². The van der Waals surface area contributed by atoms with Gasteiger partial charge in [0.2, 0.25) is 0 Å². The van der Waals surface area contributed by atoms with Gasteiger partial charge >= 0.3 is 0 Å². The van der Waals surface area contributed by atoms with Crippen LogP contribution in [0.25, 0.3) is 0 Å². The molecule has 1 aliphatic carbocycles. The zero-order chi connectivity index (χ0) is 12.3. The highest BCUT2D eigenvalue weighted by Crippen LogP contribution is 2.28. The summed E-state index contributed by atoms with van der Waals surface area (Å²) in [5.41, 5.74) is 11.6. The summed E-state index contributed by atoms with van der Waals surface area (Å²) in [7, 11) is 1.97. The Labute approximate surface area is 106 Å². The predicted molar refractivity (Wildman–Crippen MR) is 69.6 cm³/mol. The Morgan fingerprint density at radius 2 is 2.24 bits per heavy atom. The fraction of sp³-hybridized carbons (Fsp3) is 0.818. The minimum absolute atomic E-state index is 0.397. The average Bonchev–Trinajstić information content (AvgIpc) is 2.67. The van der Waals surface area contributed by atoms with Crippen molar-refractivity contribution in [3.8, 4) is 0 Å². The molecule has 1 aromatic heterocycles. The second-order valence-electron chi connectivity index (χ2n) is 4.77. The molecule has 0 amide bonds. The van der Waals surface area contributed by atoms with Gasteiger partial charge in [-0.15, -0.1) is 10.2 Å². The molecule has 1 aromatic rings. The zero-order valence-electron chi connectivity index (χ0n) is 10.3. The van der Waals surface area contributed by atoms with E-state index in [2.05, 4.69) is 10.2 Å². The molecule has 2 atom stereocenters. The van der Waals surface area contributed by atoms with Crippen LogP contribution in [0.15, 0.2) is 5.16 Å². The van der Waals surface area contributed by atoms with Gasteiger partial charge in [0.15, 0.2) is 5.16 Å². The molecular formula is C11H21N5S. The van der Waals surface area contributed by atoms with Crippen molar-refractivity contribution < 1.29 is 0 Å². The van der Waals surface area contributed by atoms with Crippen LogP contribution >= 0.6 is 11.8 Å². The molecule has 1 saturated carbocycles. The van der Waals surface area contributed by atoms with E-state index in [-0.39, 0.29) is 0 Å². The van der Waals surface area contributed by atoms with Crippen LogP contribution in [-0.2, 0) is 13.6 Å². The molecule has 0 aliphatic heterocycles. The number of nitrogens with zero attached hydrogens (tertiary/aromatic N) is 3. The summed E-state index contributed by atoms with van der Waals surface area (Å²) in [5, 5.41) is 9.17. The van der Waals surface area contributed by atoms with E-state index in [9.17, 15) is 0 Å². The third-order valence-corrected chi connectivity index (χ3v) is 4.63. The number of nitrogens with two attached hydrogens (primary N) is 2. The molecule has 2 rings (SSSR count). The highest BCUT2D eigenvalue weighted by Gasteiger charge is 2.20. The van der Waals surface area contributed by atoms with Crippen LogP contribution in [-0.4, -0.2) is 26.6 Å². The summed E-state index contributed by atoms with van der Waals surface area (Å²) in [6.45, 7) is 0.443. The monoisotopic (exact) mass is 255 g/mol. The molecule has 0 saturated heterocycles. The van der Waals surface area contributed by atoms with Crippen LogP contribution in [0.1, 0.15) is 31.5 Å². The quantitative estimate of drug-likeness (QED) is 0.781. The third-order valence-electron chi connectivity index (χ3n) is 3.38. The Hall–Kier alpha value is -0.590. The Balaban J connectivity index is 1.86. The van der Waals surface area contributed by atoms with Crippen molar-refractivity contribution in [2.24, 2.45) is 24.4 Å². The number of thioether (sulfide) groups is 1. The summed E-state index contributed by atoms with van der Waals surface area (Å²) >= 11 is 1.77. The molecule has 5 nitrogen and oxygen atoms in total. The van der Waals surface area contributed by atoms with Crippen LogP contribution in [0.4, 0.5) is 0 Å². The fourth-order valence-electron chi connectivity index (χ4n) is 2.32. The third kappa shape index (κ3) is 3.20. The Morgan fingerprint density at radius 1 is 1.41 bits per heavy atom. The van der Waals surface area contributed by atoms with Crippen molar-refractivity contribution in [2.75, 3.05) is 5.75 Å². The normalized spacial score (nSPS) is 25.1. The van der Waals surface area contributed by atoms with Crippen molar-refractivity contribution in [2.45, 2.75) is 43.4 Å². The van der Waals surface area contributed by atoms with Crippen molar-refractivity contribution >= 4 is 11.8 Å². The van der Waals surface area contributed by atoms with E-state index in [4.69, 9.17) is 11.5 Å².